The Morgan fingerprint density at radius 2 is 0.909 bits per heavy atom. The Hall–Kier alpha value is -1.78. The van der Waals surface area contributed by atoms with Crippen LogP contribution in [0.25, 0.3) is 0 Å². The van der Waals surface area contributed by atoms with Gasteiger partial charge in [-0.3, -0.25) is 23.4 Å². The molecule has 0 aliphatic carbocycles. The number of nitrogens with two attached hydrogens (primary N) is 1. The van der Waals surface area contributed by atoms with E-state index in [1.807, 2.05) is 0 Å². The van der Waals surface area contributed by atoms with Crippen LogP contribution >= 0.6 is 7.82 Å². The molecule has 12 heteroatoms. The van der Waals surface area contributed by atoms with Crippen molar-refractivity contribution in [3.8, 4) is 0 Å². The first-order valence-corrected chi connectivity index (χ1v) is 23.7. The van der Waals surface area contributed by atoms with Crippen LogP contribution in [0.2, 0.25) is 0 Å². The predicted molar refractivity (Wildman–Crippen MR) is 222 cm³/mol. The number of carboxylic acid groups (broad SMARTS) is 1. The SMILES string of the molecule is CCCCCCCCCC/C=C\CCCCCCCCCC(=O)OC[C@H](COP(=O)(O)OC[C@H](N)C(=O)O)OC(=O)CCCCCCCCCCCCCC. The normalized spacial score (nSPS) is 13.8. The van der Waals surface area contributed by atoms with Gasteiger partial charge in [0.25, 0.3) is 0 Å². The Labute approximate surface area is 335 Å². The van der Waals surface area contributed by atoms with Gasteiger partial charge in [-0.15, -0.1) is 0 Å². The van der Waals surface area contributed by atoms with Gasteiger partial charge in [-0.25, -0.2) is 4.57 Å². The molecule has 11 nitrogen and oxygen atoms in total. The molecular formula is C43H82NO10P. The smallest absolute Gasteiger partial charge is 0.472 e. The molecule has 0 fully saturated rings. The van der Waals surface area contributed by atoms with Crippen LogP contribution in [0.5, 0.6) is 0 Å². The highest BCUT2D eigenvalue weighted by atomic mass is 31.2. The third-order valence-electron chi connectivity index (χ3n) is 9.76. The molecule has 0 rings (SSSR count). The van der Waals surface area contributed by atoms with Crippen LogP contribution in [-0.2, 0) is 37.5 Å². The zero-order valence-electron chi connectivity index (χ0n) is 35.0. The molecule has 0 aromatic carbocycles. The number of unbranched alkanes of at least 4 members (excludes halogenated alkanes) is 26. The summed E-state index contributed by atoms with van der Waals surface area (Å²) in [6.45, 7) is 2.81. The van der Waals surface area contributed by atoms with Gasteiger partial charge in [-0.1, -0.05) is 174 Å². The molecule has 324 valence electrons. The summed E-state index contributed by atoms with van der Waals surface area (Å²) in [5, 5.41) is 8.88. The number of allylic oxidation sites excluding steroid dienone is 2. The second-order valence-corrected chi connectivity index (χ2v) is 16.6. The fraction of sp³-hybridized carbons (Fsp3) is 0.884. The van der Waals surface area contributed by atoms with Crippen molar-refractivity contribution in [2.75, 3.05) is 19.8 Å². The Kier molecular flexibility index (Phi) is 37.8. The van der Waals surface area contributed by atoms with Gasteiger partial charge in [-0.05, 0) is 38.5 Å². The third-order valence-corrected chi connectivity index (χ3v) is 10.7. The summed E-state index contributed by atoms with van der Waals surface area (Å²) in [7, 11) is -4.71. The molecular weight excluding hydrogens is 721 g/mol. The molecule has 0 spiro atoms. The minimum Gasteiger partial charge on any atom is -0.480 e. The summed E-state index contributed by atoms with van der Waals surface area (Å²) in [4.78, 5) is 45.9. The lowest BCUT2D eigenvalue weighted by Crippen LogP contribution is -2.34. The van der Waals surface area contributed by atoms with Crippen LogP contribution in [0.15, 0.2) is 12.2 Å². The standard InChI is InChI=1S/C43H82NO10P/c1-3-5-7-9-11-13-15-17-18-19-20-21-22-23-25-26-28-30-32-34-41(45)51-36-39(37-52-55(49,50)53-38-40(44)43(47)48)54-42(46)35-33-31-29-27-24-16-14-12-10-8-6-4-2/h19-20,39-40H,3-18,21-38,44H2,1-2H3,(H,47,48)(H,49,50)/b20-19-/t39-,40+/m1/s1. The molecule has 0 radical (unpaired) electrons. The fourth-order valence-corrected chi connectivity index (χ4v) is 7.02. The highest BCUT2D eigenvalue weighted by Gasteiger charge is 2.28. The van der Waals surface area contributed by atoms with Gasteiger partial charge < -0.3 is 25.2 Å². The van der Waals surface area contributed by atoms with E-state index >= 15 is 0 Å². The number of carbonyl (C=O) groups excluding carboxylic acids is 2. The molecule has 1 unspecified atom stereocenters. The van der Waals surface area contributed by atoms with Gasteiger partial charge in [-0.2, -0.15) is 0 Å². The molecule has 3 atom stereocenters. The van der Waals surface area contributed by atoms with E-state index in [9.17, 15) is 23.8 Å². The molecule has 0 aliphatic heterocycles. The van der Waals surface area contributed by atoms with E-state index in [2.05, 4.69) is 30.5 Å². The summed E-state index contributed by atoms with van der Waals surface area (Å²) < 4.78 is 32.7. The molecule has 0 heterocycles. The van der Waals surface area contributed by atoms with Crippen molar-refractivity contribution in [2.24, 2.45) is 5.73 Å². The van der Waals surface area contributed by atoms with Gasteiger partial charge >= 0.3 is 25.7 Å². The quantitative estimate of drug-likeness (QED) is 0.0232. The number of ether oxygens (including phenoxy) is 2. The zero-order valence-corrected chi connectivity index (χ0v) is 35.9. The molecule has 55 heavy (non-hydrogen) atoms. The second-order valence-electron chi connectivity index (χ2n) is 15.2. The number of rotatable bonds is 42. The van der Waals surface area contributed by atoms with Gasteiger partial charge in [0, 0.05) is 12.8 Å². The van der Waals surface area contributed by atoms with E-state index in [0.29, 0.717) is 12.8 Å². The molecule has 4 N–H and O–H groups in total. The number of hydrogen-bond donors (Lipinski definition) is 3. The first kappa shape index (κ1) is 53.2. The van der Waals surface area contributed by atoms with E-state index in [4.69, 9.17) is 24.8 Å². The third kappa shape index (κ3) is 38.9. The van der Waals surface area contributed by atoms with E-state index in [-0.39, 0.29) is 19.4 Å². The minimum absolute atomic E-state index is 0.165. The summed E-state index contributed by atoms with van der Waals surface area (Å²) in [5.41, 5.74) is 5.33. The Balaban J connectivity index is 4.28. The highest BCUT2D eigenvalue weighted by molar-refractivity contribution is 7.47. The van der Waals surface area contributed by atoms with Crippen molar-refractivity contribution < 1.29 is 47.5 Å². The number of phosphoric acid groups is 1. The average Bonchev–Trinajstić information content (AvgIpc) is 3.16. The number of aliphatic carboxylic acids is 1. The van der Waals surface area contributed by atoms with Gasteiger partial charge in [0.2, 0.25) is 0 Å². The fourth-order valence-electron chi connectivity index (χ4n) is 6.24. The Morgan fingerprint density at radius 3 is 1.33 bits per heavy atom. The van der Waals surface area contributed by atoms with Gasteiger partial charge in [0.05, 0.1) is 13.2 Å². The summed E-state index contributed by atoms with van der Waals surface area (Å²) in [5.74, 6) is -2.37. The molecule has 0 saturated carbocycles. The lowest BCUT2D eigenvalue weighted by atomic mass is 10.0. The van der Waals surface area contributed by atoms with Crippen LogP contribution < -0.4 is 5.73 Å². The van der Waals surface area contributed by atoms with Crippen molar-refractivity contribution in [2.45, 2.75) is 225 Å². The number of hydrogen-bond acceptors (Lipinski definition) is 9. The molecule has 0 bridgehead atoms. The summed E-state index contributed by atoms with van der Waals surface area (Å²) in [6, 6.07) is -1.52. The van der Waals surface area contributed by atoms with Crippen LogP contribution in [0.4, 0.5) is 0 Å². The van der Waals surface area contributed by atoms with Crippen LogP contribution in [-0.4, -0.2) is 59.9 Å². The van der Waals surface area contributed by atoms with Crippen molar-refractivity contribution in [1.29, 1.82) is 0 Å². The number of carbonyl (C=O) groups is 3. The maximum atomic E-state index is 12.6. The zero-order chi connectivity index (χ0) is 40.7. The lowest BCUT2D eigenvalue weighted by Gasteiger charge is -2.20. The van der Waals surface area contributed by atoms with E-state index in [1.165, 1.54) is 128 Å². The van der Waals surface area contributed by atoms with E-state index in [0.717, 1.165) is 44.9 Å². The first-order chi connectivity index (χ1) is 26.6. The highest BCUT2D eigenvalue weighted by Crippen LogP contribution is 2.43. The van der Waals surface area contributed by atoms with Gasteiger partial charge in [0.15, 0.2) is 6.10 Å². The molecule has 0 saturated heterocycles. The van der Waals surface area contributed by atoms with E-state index < -0.39 is 51.1 Å². The van der Waals surface area contributed by atoms with Crippen LogP contribution in [0.3, 0.4) is 0 Å². The first-order valence-electron chi connectivity index (χ1n) is 22.2. The van der Waals surface area contributed by atoms with Gasteiger partial charge in [0.1, 0.15) is 12.6 Å². The molecule has 0 amide bonds. The van der Waals surface area contributed by atoms with Crippen molar-refractivity contribution >= 4 is 25.7 Å². The van der Waals surface area contributed by atoms with Crippen molar-refractivity contribution in [3.05, 3.63) is 12.2 Å². The second kappa shape index (κ2) is 39.1. The lowest BCUT2D eigenvalue weighted by molar-refractivity contribution is -0.161. The number of phosphoric ester groups is 1. The van der Waals surface area contributed by atoms with Crippen LogP contribution in [0, 0.1) is 0 Å². The minimum atomic E-state index is -4.71. The average molecular weight is 804 g/mol. The van der Waals surface area contributed by atoms with E-state index in [1.54, 1.807) is 0 Å². The number of carboxylic acids is 1. The predicted octanol–water partition coefficient (Wildman–Crippen LogP) is 11.7. The Morgan fingerprint density at radius 1 is 0.545 bits per heavy atom. The molecule has 0 aliphatic rings. The summed E-state index contributed by atoms with van der Waals surface area (Å²) >= 11 is 0. The van der Waals surface area contributed by atoms with Crippen molar-refractivity contribution in [3.63, 3.8) is 0 Å². The maximum absolute atomic E-state index is 12.6. The van der Waals surface area contributed by atoms with Crippen molar-refractivity contribution in [1.82, 2.24) is 0 Å². The Bertz CT molecular complexity index is 995. The monoisotopic (exact) mass is 804 g/mol. The maximum Gasteiger partial charge on any atom is 0.472 e. The summed E-state index contributed by atoms with van der Waals surface area (Å²) in [6.07, 6.45) is 38.5. The topological polar surface area (TPSA) is 172 Å². The largest absolute Gasteiger partial charge is 0.480 e. The number of esters is 2. The molecule has 0 aromatic rings. The molecule has 0 aromatic heterocycles. The van der Waals surface area contributed by atoms with Crippen LogP contribution in [0.1, 0.15) is 213 Å².